The smallest absolute Gasteiger partial charge is 0.0624 e. The van der Waals surface area contributed by atoms with E-state index in [2.05, 4.69) is 17.7 Å². The summed E-state index contributed by atoms with van der Waals surface area (Å²) in [5.41, 5.74) is 6.18. The van der Waals surface area contributed by atoms with E-state index in [1.807, 2.05) is 0 Å². The summed E-state index contributed by atoms with van der Waals surface area (Å²) in [6.07, 6.45) is 8.15. The standard InChI is InChI=1S/C13H22N2O/c1-3-6-15(7-11-4-5-11)9-13(2)10-16-8-12(13)14/h1,11-12H,4-10,14H2,2H3. The predicted octanol–water partition coefficient (Wildman–Crippen LogP) is 0.695. The van der Waals surface area contributed by atoms with Crippen LogP contribution < -0.4 is 5.73 Å². The van der Waals surface area contributed by atoms with E-state index in [0.717, 1.165) is 32.2 Å². The second-order valence-corrected chi connectivity index (χ2v) is 5.59. The molecule has 0 spiro atoms. The maximum atomic E-state index is 6.10. The minimum Gasteiger partial charge on any atom is -0.379 e. The fourth-order valence-electron chi connectivity index (χ4n) is 2.38. The Hall–Kier alpha value is -0.560. The number of hydrogen-bond donors (Lipinski definition) is 1. The maximum absolute atomic E-state index is 6.10. The Morgan fingerprint density at radius 3 is 2.81 bits per heavy atom. The molecule has 2 unspecified atom stereocenters. The van der Waals surface area contributed by atoms with Crippen molar-refractivity contribution in [1.29, 1.82) is 0 Å². The summed E-state index contributed by atoms with van der Waals surface area (Å²) in [6.45, 7) is 6.49. The highest BCUT2D eigenvalue weighted by Gasteiger charge is 2.39. The van der Waals surface area contributed by atoms with Crippen molar-refractivity contribution in [3.05, 3.63) is 0 Å². The first kappa shape index (κ1) is 11.9. The van der Waals surface area contributed by atoms with Crippen LogP contribution in [-0.4, -0.2) is 43.8 Å². The number of ether oxygens (including phenoxy) is 1. The number of hydrogen-bond acceptors (Lipinski definition) is 3. The zero-order valence-electron chi connectivity index (χ0n) is 10.1. The molecular formula is C13H22N2O. The molecule has 2 rings (SSSR count). The fourth-order valence-corrected chi connectivity index (χ4v) is 2.38. The zero-order valence-corrected chi connectivity index (χ0v) is 10.1. The molecule has 0 aromatic carbocycles. The van der Waals surface area contributed by atoms with Gasteiger partial charge in [-0.25, -0.2) is 0 Å². The topological polar surface area (TPSA) is 38.5 Å². The summed E-state index contributed by atoms with van der Waals surface area (Å²) < 4.78 is 5.47. The van der Waals surface area contributed by atoms with Gasteiger partial charge in [-0.3, -0.25) is 4.90 Å². The second-order valence-electron chi connectivity index (χ2n) is 5.59. The van der Waals surface area contributed by atoms with E-state index in [1.165, 1.54) is 12.8 Å². The SMILES string of the molecule is C#CCN(CC1CC1)CC1(C)COCC1N. The van der Waals surface area contributed by atoms with Gasteiger partial charge in [0.25, 0.3) is 0 Å². The lowest BCUT2D eigenvalue weighted by Gasteiger charge is -2.33. The number of rotatable bonds is 5. The molecule has 1 heterocycles. The van der Waals surface area contributed by atoms with E-state index in [0.29, 0.717) is 6.61 Å². The maximum Gasteiger partial charge on any atom is 0.0624 e. The van der Waals surface area contributed by atoms with E-state index in [4.69, 9.17) is 16.9 Å². The van der Waals surface area contributed by atoms with Crippen molar-refractivity contribution in [2.24, 2.45) is 17.1 Å². The third-order valence-corrected chi connectivity index (χ3v) is 3.74. The predicted molar refractivity (Wildman–Crippen MR) is 64.9 cm³/mol. The van der Waals surface area contributed by atoms with Crippen LogP contribution in [0.5, 0.6) is 0 Å². The summed E-state index contributed by atoms with van der Waals surface area (Å²) in [4.78, 5) is 2.37. The first-order chi connectivity index (χ1) is 7.64. The van der Waals surface area contributed by atoms with Crippen molar-refractivity contribution < 1.29 is 4.74 Å². The van der Waals surface area contributed by atoms with E-state index < -0.39 is 0 Å². The van der Waals surface area contributed by atoms with Crippen molar-refractivity contribution >= 4 is 0 Å². The third-order valence-electron chi connectivity index (χ3n) is 3.74. The number of terminal acetylenes is 1. The summed E-state index contributed by atoms with van der Waals surface area (Å²) >= 11 is 0. The molecule has 2 atom stereocenters. The van der Waals surface area contributed by atoms with Crippen molar-refractivity contribution in [2.45, 2.75) is 25.8 Å². The Balaban J connectivity index is 1.90. The molecular weight excluding hydrogens is 200 g/mol. The minimum absolute atomic E-state index is 0.0751. The lowest BCUT2D eigenvalue weighted by molar-refractivity contribution is 0.123. The second kappa shape index (κ2) is 4.75. The highest BCUT2D eigenvalue weighted by Crippen LogP contribution is 2.32. The highest BCUT2D eigenvalue weighted by atomic mass is 16.5. The monoisotopic (exact) mass is 222 g/mol. The first-order valence-electron chi connectivity index (χ1n) is 6.13. The van der Waals surface area contributed by atoms with Crippen LogP contribution in [0.2, 0.25) is 0 Å². The van der Waals surface area contributed by atoms with Crippen molar-refractivity contribution in [3.8, 4) is 12.3 Å². The lowest BCUT2D eigenvalue weighted by Crippen LogP contribution is -2.47. The molecule has 0 aromatic heterocycles. The van der Waals surface area contributed by atoms with Gasteiger partial charge >= 0.3 is 0 Å². The normalized spacial score (nSPS) is 34.2. The van der Waals surface area contributed by atoms with Crippen molar-refractivity contribution in [1.82, 2.24) is 4.90 Å². The largest absolute Gasteiger partial charge is 0.379 e. The highest BCUT2D eigenvalue weighted by molar-refractivity contribution is 4.96. The zero-order chi connectivity index (χ0) is 11.6. The molecule has 90 valence electrons. The van der Waals surface area contributed by atoms with Gasteiger partial charge in [-0.05, 0) is 18.8 Å². The van der Waals surface area contributed by atoms with Crippen LogP contribution in [0.25, 0.3) is 0 Å². The first-order valence-corrected chi connectivity index (χ1v) is 6.13. The minimum atomic E-state index is 0.0751. The van der Waals surface area contributed by atoms with Gasteiger partial charge in [0, 0.05) is 24.5 Å². The lowest BCUT2D eigenvalue weighted by atomic mass is 9.85. The Bertz CT molecular complexity index is 282. The van der Waals surface area contributed by atoms with Gasteiger partial charge in [0.05, 0.1) is 19.8 Å². The molecule has 0 bridgehead atoms. The molecule has 2 fully saturated rings. The van der Waals surface area contributed by atoms with Crippen LogP contribution in [-0.2, 0) is 4.74 Å². The van der Waals surface area contributed by atoms with E-state index in [1.54, 1.807) is 0 Å². The molecule has 3 nitrogen and oxygen atoms in total. The molecule has 1 saturated heterocycles. The van der Waals surface area contributed by atoms with Gasteiger partial charge in [-0.15, -0.1) is 6.42 Å². The van der Waals surface area contributed by atoms with Crippen molar-refractivity contribution in [3.63, 3.8) is 0 Å². The fraction of sp³-hybridized carbons (Fsp3) is 0.846. The third kappa shape index (κ3) is 2.76. The molecule has 2 N–H and O–H groups in total. The van der Waals surface area contributed by atoms with Gasteiger partial charge in [0.15, 0.2) is 0 Å². The van der Waals surface area contributed by atoms with Crippen LogP contribution in [0, 0.1) is 23.7 Å². The Kier molecular flexibility index (Phi) is 3.53. The Labute approximate surface area is 98.3 Å². The molecule has 0 aromatic rings. The van der Waals surface area contributed by atoms with E-state index in [-0.39, 0.29) is 11.5 Å². The van der Waals surface area contributed by atoms with Crippen LogP contribution in [0.15, 0.2) is 0 Å². The molecule has 16 heavy (non-hydrogen) atoms. The quantitative estimate of drug-likeness (QED) is 0.696. The summed E-state index contributed by atoms with van der Waals surface area (Å²) in [6, 6.07) is 0.145. The number of nitrogens with zero attached hydrogens (tertiary/aromatic N) is 1. The van der Waals surface area contributed by atoms with Crippen LogP contribution in [0.1, 0.15) is 19.8 Å². The molecule has 2 aliphatic rings. The van der Waals surface area contributed by atoms with Crippen LogP contribution in [0.3, 0.4) is 0 Å². The van der Waals surface area contributed by atoms with Crippen LogP contribution in [0.4, 0.5) is 0 Å². The molecule has 3 heteroatoms. The van der Waals surface area contributed by atoms with E-state index >= 15 is 0 Å². The number of nitrogens with two attached hydrogens (primary N) is 1. The molecule has 0 radical (unpaired) electrons. The average molecular weight is 222 g/mol. The van der Waals surface area contributed by atoms with Gasteiger partial charge in [0.1, 0.15) is 0 Å². The van der Waals surface area contributed by atoms with Gasteiger partial charge in [-0.1, -0.05) is 12.8 Å². The summed E-state index contributed by atoms with van der Waals surface area (Å²) in [5.74, 6) is 3.62. The average Bonchev–Trinajstić information content (AvgIpc) is 2.96. The molecule has 1 aliphatic heterocycles. The summed E-state index contributed by atoms with van der Waals surface area (Å²) in [7, 11) is 0. The Morgan fingerprint density at radius 1 is 1.56 bits per heavy atom. The Morgan fingerprint density at radius 2 is 2.31 bits per heavy atom. The van der Waals surface area contributed by atoms with E-state index in [9.17, 15) is 0 Å². The van der Waals surface area contributed by atoms with Gasteiger partial charge in [0.2, 0.25) is 0 Å². The molecule has 1 saturated carbocycles. The van der Waals surface area contributed by atoms with Gasteiger partial charge < -0.3 is 10.5 Å². The van der Waals surface area contributed by atoms with Crippen molar-refractivity contribution in [2.75, 3.05) is 32.8 Å². The summed E-state index contributed by atoms with van der Waals surface area (Å²) in [5, 5.41) is 0. The van der Waals surface area contributed by atoms with Crippen LogP contribution >= 0.6 is 0 Å². The van der Waals surface area contributed by atoms with Gasteiger partial charge in [-0.2, -0.15) is 0 Å². The molecule has 0 amide bonds. The molecule has 1 aliphatic carbocycles.